The molecule has 212 valence electrons. The lowest BCUT2D eigenvalue weighted by molar-refractivity contribution is 0.264. The van der Waals surface area contributed by atoms with E-state index in [0.29, 0.717) is 28.6 Å². The first kappa shape index (κ1) is 26.8. The highest BCUT2D eigenvalue weighted by Crippen LogP contribution is 2.36. The predicted octanol–water partition coefficient (Wildman–Crippen LogP) is 5.52. The number of fused-ring (bicyclic) bond motifs is 2. The van der Waals surface area contributed by atoms with E-state index in [0.717, 1.165) is 25.7 Å². The Bertz CT molecular complexity index is 1560. The maximum absolute atomic E-state index is 14.2. The van der Waals surface area contributed by atoms with Gasteiger partial charge in [0.05, 0.1) is 11.1 Å². The Morgan fingerprint density at radius 3 is 2.17 bits per heavy atom. The highest BCUT2D eigenvalue weighted by molar-refractivity contribution is 7.90. The van der Waals surface area contributed by atoms with Crippen molar-refractivity contribution in [3.8, 4) is 5.75 Å². The van der Waals surface area contributed by atoms with Gasteiger partial charge in [-0.2, -0.15) is 8.42 Å². The highest BCUT2D eigenvalue weighted by atomic mass is 32.2. The minimum Gasteiger partial charge on any atom is -0.506 e. The van der Waals surface area contributed by atoms with Gasteiger partial charge in [-0.3, -0.25) is 4.79 Å². The molecule has 1 aromatic carbocycles. The van der Waals surface area contributed by atoms with Crippen LogP contribution >= 0.6 is 0 Å². The molecule has 6 rings (SSSR count). The molecule has 0 amide bonds. The molecule has 0 radical (unpaired) electrons. The summed E-state index contributed by atoms with van der Waals surface area (Å²) in [6.45, 7) is 0. The number of sulfonamides is 1. The van der Waals surface area contributed by atoms with Gasteiger partial charge in [0.2, 0.25) is 0 Å². The Morgan fingerprint density at radius 2 is 1.52 bits per heavy atom. The number of anilines is 1. The van der Waals surface area contributed by atoms with E-state index in [9.17, 15) is 18.3 Å². The minimum atomic E-state index is -4.07. The molecule has 0 bridgehead atoms. The lowest BCUT2D eigenvalue weighted by Gasteiger charge is -2.35. The largest absolute Gasteiger partial charge is 0.506 e. The monoisotopic (exact) mass is 563 g/mol. The van der Waals surface area contributed by atoms with E-state index in [1.807, 2.05) is 0 Å². The Balaban J connectivity index is 1.49. The molecular weight excluding hydrogens is 526 g/mol. The summed E-state index contributed by atoms with van der Waals surface area (Å²) in [4.78, 5) is 18.8. The molecule has 3 aromatic rings. The first-order chi connectivity index (χ1) is 19.4. The number of para-hydroxylation sites is 1. The molecule has 1 aliphatic heterocycles. The van der Waals surface area contributed by atoms with Crippen molar-refractivity contribution in [1.29, 1.82) is 0 Å². The van der Waals surface area contributed by atoms with Crippen molar-refractivity contribution in [3.63, 3.8) is 0 Å². The number of benzene rings is 1. The zero-order valence-electron chi connectivity index (χ0n) is 22.7. The molecule has 3 aliphatic rings. The quantitative estimate of drug-likeness (QED) is 0.349. The Labute approximate surface area is 234 Å². The summed E-state index contributed by atoms with van der Waals surface area (Å²) in [6.07, 6.45) is 15.7. The van der Waals surface area contributed by atoms with Gasteiger partial charge < -0.3 is 15.8 Å². The topological polar surface area (TPSA) is 126 Å². The normalized spacial score (nSPS) is 20.3. The molecule has 10 heteroatoms. The van der Waals surface area contributed by atoms with Gasteiger partial charge in [0.1, 0.15) is 16.2 Å². The van der Waals surface area contributed by atoms with E-state index in [1.165, 1.54) is 62.1 Å². The number of aromatic nitrogens is 2. The molecule has 2 saturated carbocycles. The van der Waals surface area contributed by atoms with Crippen LogP contribution in [0.2, 0.25) is 0 Å². The predicted molar refractivity (Wildman–Crippen MR) is 157 cm³/mol. The summed E-state index contributed by atoms with van der Waals surface area (Å²) in [5.74, 6) is 0.312. The summed E-state index contributed by atoms with van der Waals surface area (Å²) in [6, 6.07) is 9.86. The van der Waals surface area contributed by atoms with Crippen molar-refractivity contribution in [2.24, 2.45) is 16.2 Å². The molecule has 2 aliphatic carbocycles. The van der Waals surface area contributed by atoms with E-state index in [-0.39, 0.29) is 28.1 Å². The van der Waals surface area contributed by atoms with Crippen molar-refractivity contribution in [1.82, 2.24) is 9.66 Å². The third kappa shape index (κ3) is 5.09. The first-order valence-electron chi connectivity index (χ1n) is 14.6. The third-order valence-electron chi connectivity index (χ3n) is 8.87. The molecule has 0 spiro atoms. The number of pyridine rings is 2. The van der Waals surface area contributed by atoms with Crippen LogP contribution in [0.3, 0.4) is 0 Å². The van der Waals surface area contributed by atoms with Crippen LogP contribution in [0.1, 0.15) is 82.6 Å². The van der Waals surface area contributed by atoms with Gasteiger partial charge >= 0.3 is 0 Å². The van der Waals surface area contributed by atoms with Crippen molar-refractivity contribution in [3.05, 3.63) is 58.5 Å². The van der Waals surface area contributed by atoms with Gasteiger partial charge in [0.25, 0.3) is 15.6 Å². The second-order valence-corrected chi connectivity index (χ2v) is 13.0. The molecule has 3 N–H and O–H groups in total. The van der Waals surface area contributed by atoms with E-state index in [2.05, 4.69) is 20.1 Å². The van der Waals surface area contributed by atoms with Crippen molar-refractivity contribution >= 4 is 32.6 Å². The Morgan fingerprint density at radius 1 is 0.900 bits per heavy atom. The fourth-order valence-corrected chi connectivity index (χ4v) is 7.97. The molecule has 0 saturated heterocycles. The second kappa shape index (κ2) is 11.2. The average molecular weight is 564 g/mol. The van der Waals surface area contributed by atoms with Gasteiger partial charge in [-0.25, -0.2) is 9.66 Å². The number of nitrogens with one attached hydrogen (secondary N) is 2. The smallest absolute Gasteiger partial charge is 0.286 e. The van der Waals surface area contributed by atoms with Gasteiger partial charge in [-0.05, 0) is 61.8 Å². The average Bonchev–Trinajstić information content (AvgIpc) is 3.39. The van der Waals surface area contributed by atoms with Crippen molar-refractivity contribution in [2.45, 2.75) is 88.0 Å². The number of hydrogen-bond donors (Lipinski definition) is 3. The Hall–Kier alpha value is -3.40. The summed E-state index contributed by atoms with van der Waals surface area (Å²) >= 11 is 0. The fourth-order valence-electron chi connectivity index (χ4n) is 6.84. The van der Waals surface area contributed by atoms with Crippen LogP contribution in [0.15, 0.2) is 56.7 Å². The third-order valence-corrected chi connectivity index (χ3v) is 10.2. The van der Waals surface area contributed by atoms with E-state index in [4.69, 9.17) is 0 Å². The highest BCUT2D eigenvalue weighted by Gasteiger charge is 2.34. The molecule has 0 unspecified atom stereocenters. The molecule has 3 heterocycles. The number of aromatic hydroxyl groups is 1. The van der Waals surface area contributed by atoms with Crippen LogP contribution in [0.25, 0.3) is 11.0 Å². The number of nitrogens with zero attached hydrogens (tertiary/aromatic N) is 3. The van der Waals surface area contributed by atoms with E-state index >= 15 is 0 Å². The Kier molecular flexibility index (Phi) is 7.53. The minimum absolute atomic E-state index is 0.0286. The summed E-state index contributed by atoms with van der Waals surface area (Å²) < 4.78 is 31.5. The number of rotatable bonds is 5. The SMILES string of the molecule is O=c1c(C2=NS(=O)(=O)c3ccccc3N2)c(O)c2cccnc2n1NC(C1CCCCCC1)C1CCCCCC1. The molecular formula is C30H37N5O4S. The van der Waals surface area contributed by atoms with Crippen molar-refractivity contribution in [2.75, 3.05) is 10.7 Å². The van der Waals surface area contributed by atoms with Gasteiger partial charge in [0, 0.05) is 12.2 Å². The maximum atomic E-state index is 14.2. The van der Waals surface area contributed by atoms with Crippen LogP contribution in [0.5, 0.6) is 5.75 Å². The van der Waals surface area contributed by atoms with Gasteiger partial charge in [0.15, 0.2) is 11.5 Å². The summed E-state index contributed by atoms with van der Waals surface area (Å²) in [5, 5.41) is 14.7. The second-order valence-electron chi connectivity index (χ2n) is 11.4. The molecule has 9 nitrogen and oxygen atoms in total. The van der Waals surface area contributed by atoms with Gasteiger partial charge in [-0.1, -0.05) is 63.5 Å². The fraction of sp³-hybridized carbons (Fsp3) is 0.500. The standard InChI is InChI=1S/C30H37N5O4S/c36-27-22-16-11-19-31-29(22)35(30(37)25(27)28-32-23-17-9-10-18-24(23)40(38,39)34-28)33-26(20-12-5-1-2-6-13-20)21-14-7-3-4-8-15-21/h9-11,16-21,26,33,36H,1-8,12-15H2,(H,32,34). The van der Waals surface area contributed by atoms with Gasteiger partial charge in [-0.15, -0.1) is 4.40 Å². The van der Waals surface area contributed by atoms with E-state index < -0.39 is 15.6 Å². The summed E-state index contributed by atoms with van der Waals surface area (Å²) in [5.41, 5.74) is 3.50. The van der Waals surface area contributed by atoms with Crippen LogP contribution < -0.4 is 16.3 Å². The zero-order chi connectivity index (χ0) is 27.7. The van der Waals surface area contributed by atoms with Crippen molar-refractivity contribution < 1.29 is 13.5 Å². The lowest BCUT2D eigenvalue weighted by atomic mass is 9.80. The zero-order valence-corrected chi connectivity index (χ0v) is 23.5. The molecule has 40 heavy (non-hydrogen) atoms. The van der Waals surface area contributed by atoms with E-state index in [1.54, 1.807) is 36.5 Å². The summed E-state index contributed by atoms with van der Waals surface area (Å²) in [7, 11) is -4.07. The molecule has 2 fully saturated rings. The van der Waals surface area contributed by atoms with Crippen LogP contribution in [0, 0.1) is 11.8 Å². The molecule has 0 atom stereocenters. The van der Waals surface area contributed by atoms with Crippen LogP contribution in [0.4, 0.5) is 5.69 Å². The van der Waals surface area contributed by atoms with Crippen LogP contribution in [-0.4, -0.2) is 35.1 Å². The maximum Gasteiger partial charge on any atom is 0.286 e. The number of amidine groups is 1. The van der Waals surface area contributed by atoms with Crippen LogP contribution in [-0.2, 0) is 10.0 Å². The lowest BCUT2D eigenvalue weighted by Crippen LogP contribution is -2.46. The first-order valence-corrected chi connectivity index (χ1v) is 16.1. The number of hydrogen-bond acceptors (Lipinski definition) is 7. The molecule has 2 aromatic heterocycles.